The Hall–Kier alpha value is -3.50. The number of anilines is 1. The maximum atomic E-state index is 13.2. The van der Waals surface area contributed by atoms with Crippen molar-refractivity contribution in [3.63, 3.8) is 0 Å². The molecule has 6 rings (SSSR count). The first kappa shape index (κ1) is 22.9. The maximum Gasteiger partial charge on any atom is 0.263 e. The molecule has 0 spiro atoms. The fourth-order valence-electron chi connectivity index (χ4n) is 4.80. The molecular formula is C26H29N7O2S. The van der Waals surface area contributed by atoms with Gasteiger partial charge < -0.3 is 20.4 Å². The van der Waals surface area contributed by atoms with Crippen LogP contribution in [0.25, 0.3) is 22.3 Å². The Kier molecular flexibility index (Phi) is 5.65. The molecule has 2 saturated heterocycles. The van der Waals surface area contributed by atoms with Crippen LogP contribution in [0, 0.1) is 0 Å². The quantitative estimate of drug-likeness (QED) is 0.536. The van der Waals surface area contributed by atoms with E-state index in [1.165, 1.54) is 11.3 Å². The van der Waals surface area contributed by atoms with E-state index >= 15 is 0 Å². The first-order chi connectivity index (χ1) is 17.4. The van der Waals surface area contributed by atoms with Crippen molar-refractivity contribution in [1.29, 1.82) is 0 Å². The van der Waals surface area contributed by atoms with Crippen molar-refractivity contribution in [3.8, 4) is 10.6 Å². The van der Waals surface area contributed by atoms with E-state index < -0.39 is 0 Å². The summed E-state index contributed by atoms with van der Waals surface area (Å²) in [7, 11) is 3.99. The fourth-order valence-corrected chi connectivity index (χ4v) is 5.75. The number of hydrogen-bond donors (Lipinski definition) is 2. The highest BCUT2D eigenvalue weighted by molar-refractivity contribution is 7.17. The van der Waals surface area contributed by atoms with Gasteiger partial charge >= 0.3 is 0 Å². The highest BCUT2D eigenvalue weighted by atomic mass is 32.1. The zero-order valence-electron chi connectivity index (χ0n) is 20.5. The molecule has 2 N–H and O–H groups in total. The number of allylic oxidation sites excluding steroid dienone is 1. The molecule has 186 valence electrons. The number of nitrogens with zero attached hydrogens (tertiary/aromatic N) is 5. The lowest BCUT2D eigenvalue weighted by molar-refractivity contribution is -0.118. The van der Waals surface area contributed by atoms with E-state index in [1.807, 2.05) is 40.7 Å². The average Bonchev–Trinajstić information content (AvgIpc) is 3.22. The van der Waals surface area contributed by atoms with Gasteiger partial charge in [0.15, 0.2) is 5.65 Å². The SMILES string of the molecule is C=C1NC(=O)C/C1=C\c1cnn2c(NC3CC3)cc(-c3ccc(C(=O)N(C)C4CCN(C)C4)s3)nc12. The second-order valence-electron chi connectivity index (χ2n) is 9.94. The minimum absolute atomic E-state index is 0.0515. The summed E-state index contributed by atoms with van der Waals surface area (Å²) >= 11 is 1.47. The number of hydrogen-bond acceptors (Lipinski definition) is 7. The van der Waals surface area contributed by atoms with Crippen molar-refractivity contribution in [3.05, 3.63) is 52.7 Å². The summed E-state index contributed by atoms with van der Waals surface area (Å²) in [6, 6.07) is 6.55. The van der Waals surface area contributed by atoms with E-state index in [9.17, 15) is 9.59 Å². The topological polar surface area (TPSA) is 94.9 Å². The third-order valence-electron chi connectivity index (χ3n) is 7.09. The van der Waals surface area contributed by atoms with E-state index in [2.05, 4.69) is 34.3 Å². The highest BCUT2D eigenvalue weighted by Gasteiger charge is 2.28. The number of carbonyl (C=O) groups excluding carboxylic acids is 2. The van der Waals surface area contributed by atoms with Gasteiger partial charge in [-0.15, -0.1) is 11.3 Å². The number of likely N-dealkylation sites (tertiary alicyclic amines) is 1. The monoisotopic (exact) mass is 503 g/mol. The molecule has 2 amide bonds. The minimum Gasteiger partial charge on any atom is -0.367 e. The Morgan fingerprint density at radius 1 is 1.33 bits per heavy atom. The Labute approximate surface area is 213 Å². The lowest BCUT2D eigenvalue weighted by Crippen LogP contribution is -2.38. The number of carbonyl (C=O) groups is 2. The van der Waals surface area contributed by atoms with Crippen LogP contribution in [0.2, 0.25) is 0 Å². The number of amides is 2. The Morgan fingerprint density at radius 2 is 2.17 bits per heavy atom. The molecule has 3 fully saturated rings. The lowest BCUT2D eigenvalue weighted by atomic mass is 10.1. The third kappa shape index (κ3) is 4.31. The van der Waals surface area contributed by atoms with Gasteiger partial charge in [-0.3, -0.25) is 9.59 Å². The molecule has 3 aromatic heterocycles. The summed E-state index contributed by atoms with van der Waals surface area (Å²) < 4.78 is 1.81. The number of aromatic nitrogens is 3. The molecule has 1 aliphatic carbocycles. The Balaban J connectivity index is 1.35. The lowest BCUT2D eigenvalue weighted by Gasteiger charge is -2.23. The molecule has 0 aromatic carbocycles. The van der Waals surface area contributed by atoms with E-state index in [0.717, 1.165) is 59.9 Å². The van der Waals surface area contributed by atoms with Crippen LogP contribution in [0.4, 0.5) is 5.82 Å². The van der Waals surface area contributed by atoms with E-state index in [1.54, 1.807) is 6.20 Å². The summed E-state index contributed by atoms with van der Waals surface area (Å²) in [6.45, 7) is 5.86. The van der Waals surface area contributed by atoms with E-state index in [-0.39, 0.29) is 17.9 Å². The maximum absolute atomic E-state index is 13.2. The molecule has 36 heavy (non-hydrogen) atoms. The minimum atomic E-state index is -0.0579. The summed E-state index contributed by atoms with van der Waals surface area (Å²) in [6.07, 6.45) is 7.25. The van der Waals surface area contributed by atoms with Crippen LogP contribution in [0.1, 0.15) is 40.9 Å². The second kappa shape index (κ2) is 8.86. The van der Waals surface area contributed by atoms with Gasteiger partial charge in [-0.1, -0.05) is 6.58 Å². The number of likely N-dealkylation sites (N-methyl/N-ethyl adjacent to an activating group) is 2. The summed E-state index contributed by atoms with van der Waals surface area (Å²) in [4.78, 5) is 35.7. The summed E-state index contributed by atoms with van der Waals surface area (Å²) in [5, 5.41) is 10.9. The fraction of sp³-hybridized carbons (Fsp3) is 0.385. The summed E-state index contributed by atoms with van der Waals surface area (Å²) in [5.41, 5.74) is 3.76. The van der Waals surface area contributed by atoms with Gasteiger partial charge in [0.2, 0.25) is 5.91 Å². The average molecular weight is 504 g/mol. The van der Waals surface area contributed by atoms with Crippen LogP contribution in [0.3, 0.4) is 0 Å². The predicted molar refractivity (Wildman–Crippen MR) is 141 cm³/mol. The number of fused-ring (bicyclic) bond motifs is 1. The highest BCUT2D eigenvalue weighted by Crippen LogP contribution is 2.33. The number of nitrogens with one attached hydrogen (secondary N) is 2. The second-order valence-corrected chi connectivity index (χ2v) is 11.0. The van der Waals surface area contributed by atoms with Gasteiger partial charge in [0.25, 0.3) is 5.91 Å². The van der Waals surface area contributed by atoms with Gasteiger partial charge in [0.1, 0.15) is 5.82 Å². The number of rotatable bonds is 6. The van der Waals surface area contributed by atoms with Crippen molar-refractivity contribution in [2.75, 3.05) is 32.5 Å². The first-order valence-corrected chi connectivity index (χ1v) is 13.1. The summed E-state index contributed by atoms with van der Waals surface area (Å²) in [5.74, 6) is 0.863. The van der Waals surface area contributed by atoms with Gasteiger partial charge in [-0.25, -0.2) is 4.98 Å². The Morgan fingerprint density at radius 3 is 2.86 bits per heavy atom. The molecule has 1 unspecified atom stereocenters. The molecular weight excluding hydrogens is 474 g/mol. The molecule has 3 aliphatic rings. The largest absolute Gasteiger partial charge is 0.367 e. The molecule has 0 radical (unpaired) electrons. The van der Waals surface area contributed by atoms with Crippen LogP contribution in [0.5, 0.6) is 0 Å². The zero-order chi connectivity index (χ0) is 25.0. The Bertz CT molecular complexity index is 1420. The molecule has 1 saturated carbocycles. The van der Waals surface area contributed by atoms with Gasteiger partial charge in [-0.05, 0) is 56.6 Å². The molecule has 2 aliphatic heterocycles. The van der Waals surface area contributed by atoms with Crippen molar-refractivity contribution in [2.24, 2.45) is 0 Å². The van der Waals surface area contributed by atoms with E-state index in [4.69, 9.17) is 4.98 Å². The first-order valence-electron chi connectivity index (χ1n) is 12.3. The van der Waals surface area contributed by atoms with E-state index in [0.29, 0.717) is 28.7 Å². The van der Waals surface area contributed by atoms with Crippen molar-refractivity contribution in [1.82, 2.24) is 29.7 Å². The smallest absolute Gasteiger partial charge is 0.263 e. The van der Waals surface area contributed by atoms with Crippen LogP contribution in [-0.2, 0) is 4.79 Å². The molecule has 1 atom stereocenters. The molecule has 10 heteroatoms. The third-order valence-corrected chi connectivity index (χ3v) is 8.19. The van der Waals surface area contributed by atoms with Crippen molar-refractivity contribution in [2.45, 2.75) is 37.8 Å². The normalized spacial score (nSPS) is 21.5. The van der Waals surface area contributed by atoms with Crippen LogP contribution in [0.15, 0.2) is 42.2 Å². The molecule has 9 nitrogen and oxygen atoms in total. The standard InChI is InChI=1S/C26H29N7O2S/c1-15-16(11-24(34)28-15)10-17-13-27-33-23(29-18-4-5-18)12-20(30-25(17)33)21-6-7-22(36-21)26(35)32(3)19-8-9-31(2)14-19/h6-7,10,12-13,18-19,29H,1,4-5,8-9,11,14H2,2-3H3,(H,28,34)/b16-10+. The van der Waals surface area contributed by atoms with Gasteiger partial charge in [-0.2, -0.15) is 9.61 Å². The van der Waals surface area contributed by atoms with Crippen molar-refractivity contribution < 1.29 is 9.59 Å². The van der Waals surface area contributed by atoms with Crippen LogP contribution >= 0.6 is 11.3 Å². The van der Waals surface area contributed by atoms with Crippen molar-refractivity contribution >= 4 is 40.7 Å². The zero-order valence-corrected chi connectivity index (χ0v) is 21.3. The molecule has 0 bridgehead atoms. The van der Waals surface area contributed by atoms with Crippen LogP contribution in [-0.4, -0.2) is 75.5 Å². The predicted octanol–water partition coefficient (Wildman–Crippen LogP) is 3.23. The number of thiophene rings is 1. The molecule has 5 heterocycles. The van der Waals surface area contributed by atoms with Gasteiger partial charge in [0.05, 0.1) is 28.1 Å². The molecule has 3 aromatic rings. The van der Waals surface area contributed by atoms with Crippen LogP contribution < -0.4 is 10.6 Å². The van der Waals surface area contributed by atoms with Gasteiger partial charge in [0, 0.05) is 43.0 Å².